The Morgan fingerprint density at radius 1 is 1.03 bits per heavy atom. The predicted molar refractivity (Wildman–Crippen MR) is 106 cm³/mol. The van der Waals surface area contributed by atoms with E-state index in [0.717, 1.165) is 5.56 Å². The molecule has 1 fully saturated rings. The number of esters is 2. The molecule has 1 aromatic carbocycles. The number of methoxy groups -OCH3 is 1. The average Bonchev–Trinajstić information content (AvgIpc) is 3.38. The maximum absolute atomic E-state index is 12.4. The second-order valence-electron chi connectivity index (χ2n) is 8.07. The molecular formula is C21H28N2O7. The molecule has 0 heterocycles. The van der Waals surface area contributed by atoms with Gasteiger partial charge in [0.15, 0.2) is 0 Å². The van der Waals surface area contributed by atoms with Crippen LogP contribution in [-0.2, 0) is 35.2 Å². The molecular weight excluding hydrogens is 392 g/mol. The van der Waals surface area contributed by atoms with Crippen molar-refractivity contribution in [2.45, 2.75) is 52.0 Å². The van der Waals surface area contributed by atoms with Crippen LogP contribution in [0.2, 0.25) is 0 Å². The fourth-order valence-corrected chi connectivity index (χ4v) is 2.88. The largest absolute Gasteiger partial charge is 0.469 e. The minimum Gasteiger partial charge on any atom is -0.469 e. The average molecular weight is 420 g/mol. The van der Waals surface area contributed by atoms with Crippen molar-refractivity contribution in [3.8, 4) is 0 Å². The van der Waals surface area contributed by atoms with Crippen molar-refractivity contribution < 1.29 is 33.4 Å². The standard InChI is InChI=1S/C21H28N2O7/c1-12(22-20(27)30-21(2,3)4)17(24)23-16-14(18(25)28-5)15(16)19(26)29-11-13-9-7-6-8-10-13/h6-10,12,14-16H,11H2,1-5H3,(H,22,27)(H,23,24)/t12-,14+,15+,16-/m0/s1. The summed E-state index contributed by atoms with van der Waals surface area (Å²) in [7, 11) is 1.21. The first-order valence-electron chi connectivity index (χ1n) is 9.61. The van der Waals surface area contributed by atoms with Gasteiger partial charge in [0.25, 0.3) is 0 Å². The smallest absolute Gasteiger partial charge is 0.408 e. The lowest BCUT2D eigenvalue weighted by Gasteiger charge is -2.21. The Hall–Kier alpha value is -3.10. The highest BCUT2D eigenvalue weighted by Crippen LogP contribution is 2.41. The molecule has 0 unspecified atom stereocenters. The van der Waals surface area contributed by atoms with Crippen molar-refractivity contribution in [1.29, 1.82) is 0 Å². The highest BCUT2D eigenvalue weighted by molar-refractivity contribution is 5.93. The first kappa shape index (κ1) is 23.2. The molecule has 1 aliphatic carbocycles. The fraction of sp³-hybridized carbons (Fsp3) is 0.524. The van der Waals surface area contributed by atoms with E-state index in [1.807, 2.05) is 18.2 Å². The van der Waals surface area contributed by atoms with Gasteiger partial charge in [0.1, 0.15) is 18.2 Å². The Bertz CT molecular complexity index is 788. The number of rotatable bonds is 7. The van der Waals surface area contributed by atoms with E-state index in [-0.39, 0.29) is 6.61 Å². The minimum atomic E-state index is -0.931. The number of carbonyl (C=O) groups is 4. The second kappa shape index (κ2) is 9.60. The summed E-state index contributed by atoms with van der Waals surface area (Å²) in [4.78, 5) is 48.7. The third kappa shape index (κ3) is 6.47. The third-order valence-corrected chi connectivity index (χ3v) is 4.42. The fourth-order valence-electron chi connectivity index (χ4n) is 2.88. The zero-order valence-corrected chi connectivity index (χ0v) is 17.8. The number of hydrogen-bond acceptors (Lipinski definition) is 7. The lowest BCUT2D eigenvalue weighted by atomic mass is 10.2. The summed E-state index contributed by atoms with van der Waals surface area (Å²) in [6, 6.07) is 7.40. The monoisotopic (exact) mass is 420 g/mol. The number of carbonyl (C=O) groups excluding carboxylic acids is 4. The number of alkyl carbamates (subject to hydrolysis) is 1. The van der Waals surface area contributed by atoms with Gasteiger partial charge in [-0.3, -0.25) is 14.4 Å². The highest BCUT2D eigenvalue weighted by Gasteiger charge is 2.62. The molecule has 0 saturated heterocycles. The van der Waals surface area contributed by atoms with Crippen LogP contribution in [0.4, 0.5) is 4.79 Å². The van der Waals surface area contributed by atoms with Crippen molar-refractivity contribution in [2.24, 2.45) is 11.8 Å². The van der Waals surface area contributed by atoms with Crippen LogP contribution in [0.3, 0.4) is 0 Å². The molecule has 1 aromatic rings. The molecule has 30 heavy (non-hydrogen) atoms. The van der Waals surface area contributed by atoms with Crippen LogP contribution < -0.4 is 10.6 Å². The van der Waals surface area contributed by atoms with Gasteiger partial charge in [0.05, 0.1) is 25.0 Å². The minimum absolute atomic E-state index is 0.0569. The van der Waals surface area contributed by atoms with Gasteiger partial charge in [-0.05, 0) is 33.3 Å². The summed E-state index contributed by atoms with van der Waals surface area (Å²) in [5, 5.41) is 5.02. The molecule has 0 aromatic heterocycles. The van der Waals surface area contributed by atoms with E-state index in [1.165, 1.54) is 14.0 Å². The SMILES string of the molecule is COC(=O)[C@H]1[C@H](NC(=O)[C@H](C)NC(=O)OC(C)(C)C)[C@@H]1C(=O)OCc1ccccc1. The van der Waals surface area contributed by atoms with Crippen LogP contribution in [0.25, 0.3) is 0 Å². The summed E-state index contributed by atoms with van der Waals surface area (Å²) in [5.74, 6) is -3.46. The number of ether oxygens (including phenoxy) is 3. The molecule has 2 rings (SSSR count). The van der Waals surface area contributed by atoms with E-state index < -0.39 is 53.5 Å². The van der Waals surface area contributed by atoms with Gasteiger partial charge in [-0.15, -0.1) is 0 Å². The summed E-state index contributed by atoms with van der Waals surface area (Å²) < 4.78 is 15.1. The molecule has 0 radical (unpaired) electrons. The predicted octanol–water partition coefficient (Wildman–Crippen LogP) is 1.55. The number of benzene rings is 1. The Kier molecular flexibility index (Phi) is 7.42. The summed E-state index contributed by atoms with van der Waals surface area (Å²) in [6.07, 6.45) is -0.746. The highest BCUT2D eigenvalue weighted by atomic mass is 16.6. The second-order valence-corrected chi connectivity index (χ2v) is 8.07. The molecule has 0 spiro atoms. The van der Waals surface area contributed by atoms with Crippen molar-refractivity contribution in [3.63, 3.8) is 0 Å². The number of nitrogens with one attached hydrogen (secondary N) is 2. The van der Waals surface area contributed by atoms with Crippen LogP contribution in [0.15, 0.2) is 30.3 Å². The van der Waals surface area contributed by atoms with Crippen molar-refractivity contribution >= 4 is 23.9 Å². The van der Waals surface area contributed by atoms with E-state index in [2.05, 4.69) is 10.6 Å². The molecule has 0 bridgehead atoms. The van der Waals surface area contributed by atoms with E-state index >= 15 is 0 Å². The topological polar surface area (TPSA) is 120 Å². The van der Waals surface area contributed by atoms with Crippen molar-refractivity contribution in [3.05, 3.63) is 35.9 Å². The van der Waals surface area contributed by atoms with Crippen molar-refractivity contribution in [2.75, 3.05) is 7.11 Å². The summed E-state index contributed by atoms with van der Waals surface area (Å²) in [6.45, 7) is 6.63. The van der Waals surface area contributed by atoms with Gasteiger partial charge in [0, 0.05) is 0 Å². The Balaban J connectivity index is 1.93. The summed E-state index contributed by atoms with van der Waals surface area (Å²) in [5.41, 5.74) is 0.0947. The molecule has 2 N–H and O–H groups in total. The Morgan fingerprint density at radius 3 is 2.20 bits per heavy atom. The van der Waals surface area contributed by atoms with Crippen LogP contribution in [0.1, 0.15) is 33.3 Å². The van der Waals surface area contributed by atoms with Crippen LogP contribution in [0, 0.1) is 11.8 Å². The normalized spacial score (nSPS) is 21.0. The van der Waals surface area contributed by atoms with Gasteiger partial charge in [-0.1, -0.05) is 30.3 Å². The van der Waals surface area contributed by atoms with E-state index in [0.29, 0.717) is 0 Å². The molecule has 1 aliphatic rings. The van der Waals surface area contributed by atoms with Gasteiger partial charge in [-0.25, -0.2) is 4.79 Å². The van der Waals surface area contributed by atoms with Crippen LogP contribution in [-0.4, -0.2) is 48.7 Å². The van der Waals surface area contributed by atoms with Gasteiger partial charge >= 0.3 is 18.0 Å². The number of hydrogen-bond donors (Lipinski definition) is 2. The molecule has 0 aliphatic heterocycles. The molecule has 164 valence electrons. The molecule has 9 nitrogen and oxygen atoms in total. The maximum atomic E-state index is 12.4. The first-order valence-corrected chi connectivity index (χ1v) is 9.61. The van der Waals surface area contributed by atoms with E-state index in [4.69, 9.17) is 14.2 Å². The lowest BCUT2D eigenvalue weighted by molar-refractivity contribution is -0.150. The van der Waals surface area contributed by atoms with E-state index in [1.54, 1.807) is 32.9 Å². The first-order chi connectivity index (χ1) is 14.0. The molecule has 4 atom stereocenters. The van der Waals surface area contributed by atoms with Crippen molar-refractivity contribution in [1.82, 2.24) is 10.6 Å². The summed E-state index contributed by atoms with van der Waals surface area (Å²) >= 11 is 0. The van der Waals surface area contributed by atoms with Crippen LogP contribution in [0.5, 0.6) is 0 Å². The maximum Gasteiger partial charge on any atom is 0.408 e. The quantitative estimate of drug-likeness (QED) is 0.507. The molecule has 2 amide bonds. The zero-order chi connectivity index (χ0) is 22.5. The van der Waals surface area contributed by atoms with Crippen LogP contribution >= 0.6 is 0 Å². The Morgan fingerprint density at radius 2 is 1.63 bits per heavy atom. The van der Waals surface area contributed by atoms with E-state index in [9.17, 15) is 19.2 Å². The third-order valence-electron chi connectivity index (χ3n) is 4.42. The Labute approximate surface area is 175 Å². The molecule has 9 heteroatoms. The van der Waals surface area contributed by atoms with Gasteiger partial charge < -0.3 is 24.8 Å². The zero-order valence-electron chi connectivity index (χ0n) is 17.8. The number of amides is 2. The lowest BCUT2D eigenvalue weighted by Crippen LogP contribution is -2.47. The molecule has 1 saturated carbocycles. The van der Waals surface area contributed by atoms with Gasteiger partial charge in [0.2, 0.25) is 5.91 Å². The van der Waals surface area contributed by atoms with Gasteiger partial charge in [-0.2, -0.15) is 0 Å².